The van der Waals surface area contributed by atoms with E-state index in [1.807, 2.05) is 0 Å². The maximum absolute atomic E-state index is 12.3. The molecule has 0 amide bonds. The summed E-state index contributed by atoms with van der Waals surface area (Å²) in [5.74, 6) is 0. The normalized spacial score (nSPS) is 33.8. The molecule has 2 unspecified atom stereocenters. The lowest BCUT2D eigenvalue weighted by atomic mass is 9.96. The van der Waals surface area contributed by atoms with E-state index in [0.29, 0.717) is 12.5 Å². The Kier molecular flexibility index (Phi) is 4.72. The fourth-order valence-corrected chi connectivity index (χ4v) is 5.22. The SMILES string of the molecule is O=S1(=O)N=C(NC2CCCCCCC2)OC2CCCCC21. The number of sulfonamides is 1. The Hall–Kier alpha value is -0.780. The van der Waals surface area contributed by atoms with Crippen molar-refractivity contribution >= 4 is 16.0 Å². The van der Waals surface area contributed by atoms with Crippen LogP contribution in [-0.4, -0.2) is 31.8 Å². The van der Waals surface area contributed by atoms with Gasteiger partial charge in [-0.05, 0) is 32.1 Å². The Bertz CT molecular complexity index is 481. The van der Waals surface area contributed by atoms with E-state index in [1.165, 1.54) is 32.1 Å². The van der Waals surface area contributed by atoms with Gasteiger partial charge >= 0.3 is 6.02 Å². The minimum Gasteiger partial charge on any atom is -0.460 e. The first-order chi connectivity index (χ1) is 10.1. The lowest BCUT2D eigenvalue weighted by Crippen LogP contribution is -2.48. The molecule has 2 saturated carbocycles. The third-order valence-corrected chi connectivity index (χ3v) is 6.66. The number of rotatable bonds is 1. The summed E-state index contributed by atoms with van der Waals surface area (Å²) in [7, 11) is -3.40. The molecule has 2 aliphatic carbocycles. The van der Waals surface area contributed by atoms with Gasteiger partial charge in [0.1, 0.15) is 11.4 Å². The van der Waals surface area contributed by atoms with Crippen molar-refractivity contribution < 1.29 is 13.2 Å². The lowest BCUT2D eigenvalue weighted by molar-refractivity contribution is 0.130. The van der Waals surface area contributed by atoms with Crippen LogP contribution in [0.1, 0.15) is 70.6 Å². The highest BCUT2D eigenvalue weighted by Crippen LogP contribution is 2.31. The number of hydrogen-bond acceptors (Lipinski definition) is 4. The molecule has 2 atom stereocenters. The summed E-state index contributed by atoms with van der Waals surface area (Å²) in [6.07, 6.45) is 11.8. The first kappa shape index (κ1) is 15.1. The van der Waals surface area contributed by atoms with Crippen LogP contribution in [0.15, 0.2) is 4.40 Å². The summed E-state index contributed by atoms with van der Waals surface area (Å²) < 4.78 is 34.3. The van der Waals surface area contributed by atoms with Gasteiger partial charge in [0, 0.05) is 6.04 Å². The zero-order valence-electron chi connectivity index (χ0n) is 12.6. The molecule has 0 aromatic rings. The van der Waals surface area contributed by atoms with Gasteiger partial charge in [-0.15, -0.1) is 4.40 Å². The van der Waals surface area contributed by atoms with Crippen LogP contribution >= 0.6 is 0 Å². The molecule has 0 aromatic carbocycles. The molecule has 5 nitrogen and oxygen atoms in total. The highest BCUT2D eigenvalue weighted by atomic mass is 32.2. The molecular formula is C15H26N2O3S. The van der Waals surface area contributed by atoms with Gasteiger partial charge in [0.15, 0.2) is 0 Å². The maximum Gasteiger partial charge on any atom is 0.301 e. The summed E-state index contributed by atoms with van der Waals surface area (Å²) in [6, 6.07) is 0.558. The van der Waals surface area contributed by atoms with Crippen molar-refractivity contribution in [3.05, 3.63) is 0 Å². The Morgan fingerprint density at radius 2 is 1.52 bits per heavy atom. The third-order valence-electron chi connectivity index (χ3n) is 4.93. The Labute approximate surface area is 127 Å². The van der Waals surface area contributed by atoms with Crippen LogP contribution in [-0.2, 0) is 14.8 Å². The van der Waals surface area contributed by atoms with Gasteiger partial charge in [-0.1, -0.05) is 38.5 Å². The number of nitrogens with one attached hydrogen (secondary N) is 1. The van der Waals surface area contributed by atoms with E-state index >= 15 is 0 Å². The van der Waals surface area contributed by atoms with Crippen molar-refractivity contribution in [3.63, 3.8) is 0 Å². The third kappa shape index (κ3) is 3.71. The minimum absolute atomic E-state index is 0.197. The molecule has 0 bridgehead atoms. The number of fused-ring (bicyclic) bond motifs is 1. The van der Waals surface area contributed by atoms with Gasteiger partial charge in [0.25, 0.3) is 10.0 Å². The molecule has 0 saturated heterocycles. The van der Waals surface area contributed by atoms with Gasteiger partial charge in [-0.25, -0.2) is 8.42 Å². The van der Waals surface area contributed by atoms with Crippen molar-refractivity contribution in [2.45, 2.75) is 88.0 Å². The molecule has 3 rings (SSSR count). The highest BCUT2D eigenvalue weighted by molar-refractivity contribution is 7.91. The standard InChI is InChI=1S/C15H26N2O3S/c18-21(19)14-11-7-6-10-13(14)20-15(17-21)16-12-8-4-2-1-3-5-9-12/h12-14H,1-11H2,(H,16,17). The van der Waals surface area contributed by atoms with Crippen LogP contribution in [0, 0.1) is 0 Å². The molecule has 1 N–H and O–H groups in total. The summed E-state index contributed by atoms with van der Waals surface area (Å²) in [5.41, 5.74) is 0. The van der Waals surface area contributed by atoms with Crippen molar-refractivity contribution in [1.29, 1.82) is 0 Å². The average molecular weight is 314 g/mol. The topological polar surface area (TPSA) is 67.8 Å². The molecule has 0 spiro atoms. The van der Waals surface area contributed by atoms with E-state index < -0.39 is 15.3 Å². The number of ether oxygens (including phenoxy) is 1. The second kappa shape index (κ2) is 6.55. The molecule has 0 aromatic heterocycles. The van der Waals surface area contributed by atoms with E-state index in [4.69, 9.17) is 4.74 Å². The van der Waals surface area contributed by atoms with E-state index in [9.17, 15) is 8.42 Å². The molecule has 21 heavy (non-hydrogen) atoms. The molecular weight excluding hydrogens is 288 g/mol. The van der Waals surface area contributed by atoms with Crippen molar-refractivity contribution in [2.75, 3.05) is 0 Å². The van der Waals surface area contributed by atoms with Crippen LogP contribution in [0.3, 0.4) is 0 Å². The monoisotopic (exact) mass is 314 g/mol. The Balaban J connectivity index is 1.68. The minimum atomic E-state index is -3.40. The van der Waals surface area contributed by atoms with E-state index in [0.717, 1.165) is 32.1 Å². The molecule has 2 fully saturated rings. The maximum atomic E-state index is 12.3. The smallest absolute Gasteiger partial charge is 0.301 e. The van der Waals surface area contributed by atoms with Crippen LogP contribution in [0.2, 0.25) is 0 Å². The van der Waals surface area contributed by atoms with Crippen LogP contribution in [0.25, 0.3) is 0 Å². The van der Waals surface area contributed by atoms with Crippen LogP contribution < -0.4 is 5.32 Å². The van der Waals surface area contributed by atoms with Gasteiger partial charge in [0.05, 0.1) is 0 Å². The second-order valence-electron chi connectivity index (χ2n) is 6.58. The van der Waals surface area contributed by atoms with Gasteiger partial charge < -0.3 is 10.1 Å². The Morgan fingerprint density at radius 1 is 0.905 bits per heavy atom. The summed E-state index contributed by atoms with van der Waals surface area (Å²) >= 11 is 0. The highest BCUT2D eigenvalue weighted by Gasteiger charge is 2.41. The van der Waals surface area contributed by atoms with Gasteiger partial charge in [-0.2, -0.15) is 0 Å². The van der Waals surface area contributed by atoms with Crippen molar-refractivity contribution in [1.82, 2.24) is 5.32 Å². The van der Waals surface area contributed by atoms with Gasteiger partial charge in [-0.3, -0.25) is 0 Å². The predicted molar refractivity (Wildman–Crippen MR) is 82.7 cm³/mol. The molecule has 1 aliphatic heterocycles. The van der Waals surface area contributed by atoms with Crippen molar-refractivity contribution in [3.8, 4) is 0 Å². The Morgan fingerprint density at radius 3 is 2.29 bits per heavy atom. The molecule has 120 valence electrons. The van der Waals surface area contributed by atoms with Gasteiger partial charge in [0.2, 0.25) is 0 Å². The summed E-state index contributed by atoms with van der Waals surface area (Å²) in [4.78, 5) is 0. The summed E-state index contributed by atoms with van der Waals surface area (Å²) in [6.45, 7) is 0. The molecule has 1 heterocycles. The van der Waals surface area contributed by atoms with Crippen LogP contribution in [0.4, 0.5) is 0 Å². The first-order valence-electron chi connectivity index (χ1n) is 8.42. The van der Waals surface area contributed by atoms with Crippen LogP contribution in [0.5, 0.6) is 0 Å². The quantitative estimate of drug-likeness (QED) is 0.808. The fraction of sp³-hybridized carbons (Fsp3) is 0.933. The van der Waals surface area contributed by atoms with E-state index in [1.54, 1.807) is 0 Å². The molecule has 0 radical (unpaired) electrons. The fourth-order valence-electron chi connectivity index (χ4n) is 3.72. The molecule has 3 aliphatic rings. The number of nitrogens with zero attached hydrogens (tertiary/aromatic N) is 1. The summed E-state index contributed by atoms with van der Waals surface area (Å²) in [5, 5.41) is 2.84. The number of amidine groups is 1. The zero-order chi connectivity index (χ0) is 14.7. The van der Waals surface area contributed by atoms with E-state index in [-0.39, 0.29) is 12.1 Å². The number of hydrogen-bond donors (Lipinski definition) is 1. The van der Waals surface area contributed by atoms with Crippen molar-refractivity contribution in [2.24, 2.45) is 4.40 Å². The van der Waals surface area contributed by atoms with E-state index in [2.05, 4.69) is 9.71 Å². The average Bonchev–Trinajstić information content (AvgIpc) is 2.41. The molecule has 6 heteroatoms. The lowest BCUT2D eigenvalue weighted by Gasteiger charge is -2.35. The zero-order valence-corrected chi connectivity index (χ0v) is 13.4. The second-order valence-corrected chi connectivity index (χ2v) is 8.40. The first-order valence-corrected chi connectivity index (χ1v) is 9.92. The predicted octanol–water partition coefficient (Wildman–Crippen LogP) is 2.72. The largest absolute Gasteiger partial charge is 0.460 e.